The third-order valence-corrected chi connectivity index (χ3v) is 5.09. The maximum atomic E-state index is 11.2. The lowest BCUT2D eigenvalue weighted by atomic mass is 9.90. The number of carbonyl (C=O) groups is 1. The van der Waals surface area contributed by atoms with E-state index in [1.165, 1.54) is 18.4 Å². The zero-order valence-electron chi connectivity index (χ0n) is 17.6. The van der Waals surface area contributed by atoms with Gasteiger partial charge in [0, 0.05) is 0 Å². The van der Waals surface area contributed by atoms with Gasteiger partial charge in [0.05, 0.1) is 19.6 Å². The normalized spacial score (nSPS) is 12.2. The van der Waals surface area contributed by atoms with Crippen LogP contribution in [0.15, 0.2) is 18.2 Å². The third kappa shape index (κ3) is 9.16. The SMILES string of the molecule is CCCCCOc1cc(CCCCCC[C@H](C(=O)O)C(C)C)ccc1OC. The monoisotopic (exact) mass is 378 g/mol. The average Bonchev–Trinajstić information content (AvgIpc) is 2.64. The summed E-state index contributed by atoms with van der Waals surface area (Å²) in [4.78, 5) is 11.2. The van der Waals surface area contributed by atoms with Crippen molar-refractivity contribution in [3.8, 4) is 11.5 Å². The maximum absolute atomic E-state index is 11.2. The molecule has 1 N–H and O–H groups in total. The summed E-state index contributed by atoms with van der Waals surface area (Å²) in [5, 5.41) is 9.23. The van der Waals surface area contributed by atoms with Crippen molar-refractivity contribution in [1.29, 1.82) is 0 Å². The molecule has 0 saturated heterocycles. The van der Waals surface area contributed by atoms with Gasteiger partial charge in [-0.05, 0) is 49.3 Å². The number of rotatable bonds is 15. The predicted octanol–water partition coefficient (Wildman–Crippen LogP) is 6.11. The van der Waals surface area contributed by atoms with E-state index in [0.29, 0.717) is 0 Å². The van der Waals surface area contributed by atoms with Crippen LogP contribution in [-0.4, -0.2) is 24.8 Å². The van der Waals surface area contributed by atoms with Crippen molar-refractivity contribution >= 4 is 5.97 Å². The van der Waals surface area contributed by atoms with Crippen LogP contribution in [0.5, 0.6) is 11.5 Å². The van der Waals surface area contributed by atoms with Crippen molar-refractivity contribution in [2.45, 2.75) is 78.6 Å². The van der Waals surface area contributed by atoms with Crippen molar-refractivity contribution in [1.82, 2.24) is 0 Å². The molecule has 0 aliphatic heterocycles. The predicted molar refractivity (Wildman–Crippen MR) is 111 cm³/mol. The Balaban J connectivity index is 2.36. The molecule has 0 aromatic heterocycles. The largest absolute Gasteiger partial charge is 0.493 e. The van der Waals surface area contributed by atoms with Gasteiger partial charge in [0.15, 0.2) is 11.5 Å². The molecule has 1 aromatic carbocycles. The molecular weight excluding hydrogens is 340 g/mol. The van der Waals surface area contributed by atoms with Crippen molar-refractivity contribution in [3.05, 3.63) is 23.8 Å². The van der Waals surface area contributed by atoms with E-state index in [4.69, 9.17) is 9.47 Å². The highest BCUT2D eigenvalue weighted by Gasteiger charge is 2.20. The van der Waals surface area contributed by atoms with E-state index in [1.807, 2.05) is 19.9 Å². The summed E-state index contributed by atoms with van der Waals surface area (Å²) in [5.41, 5.74) is 1.27. The van der Waals surface area contributed by atoms with E-state index >= 15 is 0 Å². The quantitative estimate of drug-likeness (QED) is 0.374. The molecule has 0 saturated carbocycles. The Morgan fingerprint density at radius 3 is 2.41 bits per heavy atom. The van der Waals surface area contributed by atoms with Gasteiger partial charge in [0.2, 0.25) is 0 Å². The molecule has 0 spiro atoms. The molecule has 4 heteroatoms. The highest BCUT2D eigenvalue weighted by atomic mass is 16.5. The van der Waals surface area contributed by atoms with Crippen LogP contribution in [-0.2, 0) is 11.2 Å². The molecule has 0 amide bonds. The van der Waals surface area contributed by atoms with E-state index in [0.717, 1.165) is 63.1 Å². The first-order chi connectivity index (χ1) is 13.0. The number of ether oxygens (including phenoxy) is 2. The van der Waals surface area contributed by atoms with Crippen LogP contribution in [0, 0.1) is 11.8 Å². The molecule has 0 fully saturated rings. The molecular formula is C23H38O4. The summed E-state index contributed by atoms with van der Waals surface area (Å²) in [6, 6.07) is 6.20. The molecule has 4 nitrogen and oxygen atoms in total. The van der Waals surface area contributed by atoms with E-state index in [9.17, 15) is 9.90 Å². The summed E-state index contributed by atoms with van der Waals surface area (Å²) in [6.45, 7) is 6.90. The van der Waals surface area contributed by atoms with Crippen molar-refractivity contribution in [3.63, 3.8) is 0 Å². The van der Waals surface area contributed by atoms with E-state index < -0.39 is 5.97 Å². The minimum Gasteiger partial charge on any atom is -0.493 e. The number of aliphatic carboxylic acids is 1. The highest BCUT2D eigenvalue weighted by molar-refractivity contribution is 5.70. The van der Waals surface area contributed by atoms with E-state index in [1.54, 1.807) is 7.11 Å². The minimum atomic E-state index is -0.658. The van der Waals surface area contributed by atoms with Crippen molar-refractivity contribution in [2.24, 2.45) is 11.8 Å². The Morgan fingerprint density at radius 1 is 1.04 bits per heavy atom. The van der Waals surface area contributed by atoms with Crippen LogP contribution < -0.4 is 9.47 Å². The standard InChI is InChI=1S/C23H38O4/c1-5-6-11-16-27-22-17-19(14-15-21(22)26-4)12-9-7-8-10-13-20(18(2)3)23(24)25/h14-15,17-18,20H,5-13,16H2,1-4H3,(H,24,25)/t20-/m0/s1. The first kappa shape index (κ1) is 23.3. The highest BCUT2D eigenvalue weighted by Crippen LogP contribution is 2.29. The van der Waals surface area contributed by atoms with Crippen LogP contribution in [0.25, 0.3) is 0 Å². The molecule has 0 heterocycles. The number of carboxylic acids is 1. The lowest BCUT2D eigenvalue weighted by Gasteiger charge is -2.15. The Labute approximate surface area is 165 Å². The van der Waals surface area contributed by atoms with E-state index in [-0.39, 0.29) is 11.8 Å². The Hall–Kier alpha value is -1.71. The zero-order valence-corrected chi connectivity index (χ0v) is 17.6. The van der Waals surface area contributed by atoms with Gasteiger partial charge in [-0.15, -0.1) is 0 Å². The van der Waals surface area contributed by atoms with Gasteiger partial charge >= 0.3 is 5.97 Å². The van der Waals surface area contributed by atoms with Crippen LogP contribution in [0.1, 0.15) is 77.7 Å². The fourth-order valence-corrected chi connectivity index (χ4v) is 3.31. The third-order valence-electron chi connectivity index (χ3n) is 5.09. The second kappa shape index (κ2) is 13.5. The van der Waals surface area contributed by atoms with Gasteiger partial charge in [-0.3, -0.25) is 4.79 Å². The molecule has 154 valence electrons. The van der Waals surface area contributed by atoms with Gasteiger partial charge in [-0.1, -0.05) is 58.9 Å². The molecule has 1 aromatic rings. The van der Waals surface area contributed by atoms with E-state index in [2.05, 4.69) is 19.1 Å². The van der Waals surface area contributed by atoms with Crippen LogP contribution in [0.2, 0.25) is 0 Å². The second-order valence-corrected chi connectivity index (χ2v) is 7.68. The summed E-state index contributed by atoms with van der Waals surface area (Å²) >= 11 is 0. The van der Waals surface area contributed by atoms with Crippen LogP contribution >= 0.6 is 0 Å². The first-order valence-electron chi connectivity index (χ1n) is 10.5. The molecule has 0 aliphatic carbocycles. The van der Waals surface area contributed by atoms with Crippen molar-refractivity contribution in [2.75, 3.05) is 13.7 Å². The topological polar surface area (TPSA) is 55.8 Å². The Kier molecular flexibility index (Phi) is 11.6. The van der Waals surface area contributed by atoms with Gasteiger partial charge in [0.25, 0.3) is 0 Å². The summed E-state index contributed by atoms with van der Waals surface area (Å²) in [6.07, 6.45) is 9.55. The molecule has 27 heavy (non-hydrogen) atoms. The number of aryl methyl sites for hydroxylation is 1. The van der Waals surface area contributed by atoms with Crippen LogP contribution in [0.4, 0.5) is 0 Å². The zero-order chi connectivity index (χ0) is 20.1. The lowest BCUT2D eigenvalue weighted by molar-refractivity contribution is -0.143. The molecule has 0 radical (unpaired) electrons. The fraction of sp³-hybridized carbons (Fsp3) is 0.696. The smallest absolute Gasteiger partial charge is 0.306 e. The number of methoxy groups -OCH3 is 1. The summed E-state index contributed by atoms with van der Waals surface area (Å²) in [7, 11) is 1.68. The summed E-state index contributed by atoms with van der Waals surface area (Å²) in [5.74, 6) is 0.974. The van der Waals surface area contributed by atoms with Gasteiger partial charge in [-0.25, -0.2) is 0 Å². The lowest BCUT2D eigenvalue weighted by Crippen LogP contribution is -2.19. The maximum Gasteiger partial charge on any atom is 0.306 e. The Bertz CT molecular complexity index is 539. The average molecular weight is 379 g/mol. The van der Waals surface area contributed by atoms with Gasteiger partial charge in [0.1, 0.15) is 0 Å². The fourth-order valence-electron chi connectivity index (χ4n) is 3.31. The number of benzene rings is 1. The second-order valence-electron chi connectivity index (χ2n) is 7.68. The molecule has 0 aliphatic rings. The molecule has 0 bridgehead atoms. The van der Waals surface area contributed by atoms with Crippen molar-refractivity contribution < 1.29 is 19.4 Å². The minimum absolute atomic E-state index is 0.206. The van der Waals surface area contributed by atoms with Gasteiger partial charge in [-0.2, -0.15) is 0 Å². The number of carboxylic acid groups (broad SMARTS) is 1. The number of unbranched alkanes of at least 4 members (excludes halogenated alkanes) is 5. The van der Waals surface area contributed by atoms with Gasteiger partial charge < -0.3 is 14.6 Å². The molecule has 1 rings (SSSR count). The summed E-state index contributed by atoms with van der Waals surface area (Å²) < 4.78 is 11.3. The molecule has 0 unspecified atom stereocenters. The Morgan fingerprint density at radius 2 is 1.78 bits per heavy atom. The number of hydrogen-bond acceptors (Lipinski definition) is 3. The van der Waals surface area contributed by atoms with Crippen LogP contribution in [0.3, 0.4) is 0 Å². The molecule has 1 atom stereocenters. The first-order valence-corrected chi connectivity index (χ1v) is 10.5. The number of hydrogen-bond donors (Lipinski definition) is 1.